The molecule has 1 N–H and O–H groups in total. The Morgan fingerprint density at radius 1 is 1.07 bits per heavy atom. The molecule has 1 heterocycles. The van der Waals surface area contributed by atoms with Crippen molar-refractivity contribution in [2.75, 3.05) is 11.1 Å². The fourth-order valence-electron chi connectivity index (χ4n) is 3.83. The summed E-state index contributed by atoms with van der Waals surface area (Å²) >= 11 is 1.44. The average molecular weight is 387 g/mol. The number of carbonyl (C=O) groups is 3. The van der Waals surface area contributed by atoms with E-state index in [2.05, 4.69) is 5.32 Å². The van der Waals surface area contributed by atoms with Gasteiger partial charge in [-0.05, 0) is 36.3 Å². The third-order valence-electron chi connectivity index (χ3n) is 5.05. The third kappa shape index (κ3) is 4.26. The van der Waals surface area contributed by atoms with E-state index in [1.54, 1.807) is 24.3 Å². The number of imide groups is 1. The minimum Gasteiger partial charge on any atom is -0.326 e. The number of hydrogen-bond donors (Lipinski definition) is 1. The van der Waals surface area contributed by atoms with E-state index in [0.717, 1.165) is 37.0 Å². The summed E-state index contributed by atoms with van der Waals surface area (Å²) in [5.74, 6) is 0.283. The molecule has 3 rings (SSSR count). The molecule has 1 fully saturated rings. The molecule has 0 atom stereocenters. The summed E-state index contributed by atoms with van der Waals surface area (Å²) in [6.45, 7) is 3.44. The summed E-state index contributed by atoms with van der Waals surface area (Å²) in [4.78, 5) is 39.6. The zero-order chi connectivity index (χ0) is 19.4. The highest BCUT2D eigenvalue weighted by Gasteiger charge is 2.42. The van der Waals surface area contributed by atoms with Crippen LogP contribution in [0.1, 0.15) is 57.9 Å². The van der Waals surface area contributed by atoms with Crippen LogP contribution < -0.4 is 5.32 Å². The van der Waals surface area contributed by atoms with Crippen LogP contribution in [-0.4, -0.2) is 34.4 Å². The molecular formula is C21H26N2O3S. The predicted octanol–water partition coefficient (Wildman–Crippen LogP) is 4.20. The lowest BCUT2D eigenvalue weighted by Crippen LogP contribution is -2.40. The van der Waals surface area contributed by atoms with E-state index >= 15 is 0 Å². The lowest BCUT2D eigenvalue weighted by Gasteiger charge is -2.25. The molecule has 6 heteroatoms. The van der Waals surface area contributed by atoms with E-state index in [1.807, 2.05) is 6.92 Å². The van der Waals surface area contributed by atoms with Gasteiger partial charge in [-0.1, -0.05) is 44.7 Å². The van der Waals surface area contributed by atoms with Gasteiger partial charge in [0.2, 0.25) is 5.91 Å². The maximum Gasteiger partial charge on any atom is 0.268 e. The topological polar surface area (TPSA) is 66.5 Å². The Kier molecular flexibility index (Phi) is 6.37. The minimum absolute atomic E-state index is 0.0103. The molecule has 144 valence electrons. The van der Waals surface area contributed by atoms with E-state index in [-0.39, 0.29) is 23.8 Å². The van der Waals surface area contributed by atoms with Crippen molar-refractivity contribution in [3.63, 3.8) is 0 Å². The van der Waals surface area contributed by atoms with Gasteiger partial charge in [0.15, 0.2) is 0 Å². The van der Waals surface area contributed by atoms with Gasteiger partial charge < -0.3 is 5.32 Å². The minimum atomic E-state index is -0.171. The van der Waals surface area contributed by atoms with Crippen LogP contribution in [-0.2, 0) is 14.4 Å². The van der Waals surface area contributed by atoms with Gasteiger partial charge in [-0.2, -0.15) is 0 Å². The fourth-order valence-corrected chi connectivity index (χ4v) is 4.69. The summed E-state index contributed by atoms with van der Waals surface area (Å²) in [6.07, 6.45) is 6.28. The molecule has 2 aliphatic rings. The van der Waals surface area contributed by atoms with Crippen LogP contribution >= 0.6 is 11.8 Å². The summed E-state index contributed by atoms with van der Waals surface area (Å²) in [6, 6.07) is 7.15. The molecule has 3 amide bonds. The summed E-state index contributed by atoms with van der Waals surface area (Å²) in [5.41, 5.74) is 1.91. The second kappa shape index (κ2) is 8.74. The molecule has 1 aromatic carbocycles. The van der Waals surface area contributed by atoms with E-state index in [4.69, 9.17) is 0 Å². The first kappa shape index (κ1) is 19.7. The predicted molar refractivity (Wildman–Crippen MR) is 109 cm³/mol. The monoisotopic (exact) mass is 386 g/mol. The van der Waals surface area contributed by atoms with Crippen molar-refractivity contribution in [3.8, 4) is 0 Å². The lowest BCUT2D eigenvalue weighted by atomic mass is 10.0. The van der Waals surface area contributed by atoms with E-state index in [1.165, 1.54) is 36.4 Å². The summed E-state index contributed by atoms with van der Waals surface area (Å²) in [5, 5.41) is 2.72. The highest BCUT2D eigenvalue weighted by atomic mass is 32.2. The van der Waals surface area contributed by atoms with Gasteiger partial charge in [-0.25, -0.2) is 0 Å². The standard InChI is InChI=1S/C21H26N2O3S/c1-3-27-19-18(15-10-12-16(13-11-15)22-14(2)24)20(25)23(21(19)26)17-8-6-4-5-7-9-17/h10-13,17H,3-9H2,1-2H3,(H,22,24). The maximum atomic E-state index is 13.2. The Morgan fingerprint density at radius 3 is 2.26 bits per heavy atom. The summed E-state index contributed by atoms with van der Waals surface area (Å²) < 4.78 is 0. The number of thioether (sulfide) groups is 1. The van der Waals surface area contributed by atoms with Crippen molar-refractivity contribution in [2.45, 2.75) is 58.4 Å². The molecular weight excluding hydrogens is 360 g/mol. The van der Waals surface area contributed by atoms with Gasteiger partial charge in [0.25, 0.3) is 11.8 Å². The maximum absolute atomic E-state index is 13.2. The van der Waals surface area contributed by atoms with Crippen LogP contribution in [0.5, 0.6) is 0 Å². The molecule has 27 heavy (non-hydrogen) atoms. The van der Waals surface area contributed by atoms with Crippen LogP contribution in [0.4, 0.5) is 5.69 Å². The molecule has 1 aromatic rings. The Morgan fingerprint density at radius 2 is 1.70 bits per heavy atom. The first-order valence-corrected chi connectivity index (χ1v) is 10.6. The van der Waals surface area contributed by atoms with Crippen molar-refractivity contribution in [2.24, 2.45) is 0 Å². The van der Waals surface area contributed by atoms with Gasteiger partial charge in [-0.15, -0.1) is 11.8 Å². The van der Waals surface area contributed by atoms with Gasteiger partial charge in [-0.3, -0.25) is 19.3 Å². The number of hydrogen-bond acceptors (Lipinski definition) is 4. The Labute approximate surface area is 164 Å². The zero-order valence-corrected chi connectivity index (χ0v) is 16.7. The SMILES string of the molecule is CCSC1=C(c2ccc(NC(C)=O)cc2)C(=O)N(C2CCCCCC2)C1=O. The smallest absolute Gasteiger partial charge is 0.268 e. The third-order valence-corrected chi connectivity index (χ3v) is 6.00. The number of amides is 3. The summed E-state index contributed by atoms with van der Waals surface area (Å²) in [7, 11) is 0. The van der Waals surface area contributed by atoms with E-state index < -0.39 is 0 Å². The van der Waals surface area contributed by atoms with Crippen LogP contribution in [0.3, 0.4) is 0 Å². The van der Waals surface area contributed by atoms with Gasteiger partial charge in [0.1, 0.15) is 0 Å². The number of nitrogens with one attached hydrogen (secondary N) is 1. The molecule has 1 aliphatic heterocycles. The molecule has 1 aliphatic carbocycles. The largest absolute Gasteiger partial charge is 0.326 e. The fraction of sp³-hybridized carbons (Fsp3) is 0.476. The van der Waals surface area contributed by atoms with Crippen molar-refractivity contribution in [1.82, 2.24) is 4.90 Å². The number of rotatable bonds is 5. The number of nitrogens with zero attached hydrogens (tertiary/aromatic N) is 1. The van der Waals surface area contributed by atoms with E-state index in [9.17, 15) is 14.4 Å². The second-order valence-electron chi connectivity index (χ2n) is 7.02. The lowest BCUT2D eigenvalue weighted by molar-refractivity contribution is -0.139. The molecule has 0 unspecified atom stereocenters. The quantitative estimate of drug-likeness (QED) is 0.608. The first-order chi connectivity index (χ1) is 13.0. The first-order valence-electron chi connectivity index (χ1n) is 9.66. The molecule has 5 nitrogen and oxygen atoms in total. The molecule has 0 saturated heterocycles. The number of carbonyl (C=O) groups excluding carboxylic acids is 3. The average Bonchev–Trinajstić information content (AvgIpc) is 2.82. The molecule has 0 bridgehead atoms. The van der Waals surface area contributed by atoms with Crippen LogP contribution in [0, 0.1) is 0 Å². The molecule has 0 radical (unpaired) electrons. The Bertz CT molecular complexity index is 762. The molecule has 0 spiro atoms. The van der Waals surface area contributed by atoms with Crippen molar-refractivity contribution >= 4 is 40.7 Å². The molecule has 1 saturated carbocycles. The van der Waals surface area contributed by atoms with Crippen molar-refractivity contribution < 1.29 is 14.4 Å². The highest BCUT2D eigenvalue weighted by Crippen LogP contribution is 2.39. The Balaban J connectivity index is 1.92. The highest BCUT2D eigenvalue weighted by molar-refractivity contribution is 8.04. The number of anilines is 1. The second-order valence-corrected chi connectivity index (χ2v) is 8.30. The zero-order valence-electron chi connectivity index (χ0n) is 15.9. The normalized spacial score (nSPS) is 18.8. The van der Waals surface area contributed by atoms with Gasteiger partial charge >= 0.3 is 0 Å². The van der Waals surface area contributed by atoms with Crippen molar-refractivity contribution in [3.05, 3.63) is 34.7 Å². The van der Waals surface area contributed by atoms with Crippen LogP contribution in [0.25, 0.3) is 5.57 Å². The van der Waals surface area contributed by atoms with Gasteiger partial charge in [0, 0.05) is 18.7 Å². The van der Waals surface area contributed by atoms with Crippen molar-refractivity contribution in [1.29, 1.82) is 0 Å². The number of benzene rings is 1. The van der Waals surface area contributed by atoms with E-state index in [0.29, 0.717) is 16.2 Å². The van der Waals surface area contributed by atoms with Crippen LogP contribution in [0.15, 0.2) is 29.2 Å². The molecule has 0 aromatic heterocycles. The Hall–Kier alpha value is -2.08. The van der Waals surface area contributed by atoms with Crippen LogP contribution in [0.2, 0.25) is 0 Å². The van der Waals surface area contributed by atoms with Gasteiger partial charge in [0.05, 0.1) is 10.5 Å².